The molecule has 56 valence electrons. The third kappa shape index (κ3) is 3.05. The van der Waals surface area contributed by atoms with Crippen LogP contribution in [0.1, 0.15) is 10.5 Å². The van der Waals surface area contributed by atoms with E-state index >= 15 is 0 Å². The molecule has 0 saturated heterocycles. The predicted octanol–water partition coefficient (Wildman–Crippen LogP) is 1.33. The van der Waals surface area contributed by atoms with E-state index < -0.39 is 0 Å². The zero-order chi connectivity index (χ0) is 7.98. The minimum Gasteiger partial charge on any atom is -0.400 e. The maximum atomic E-state index is 9.94. The highest BCUT2D eigenvalue weighted by Gasteiger charge is 1.93. The first kappa shape index (κ1) is 9.74. The van der Waals surface area contributed by atoms with Gasteiger partial charge in [-0.25, -0.2) is 4.98 Å². The van der Waals surface area contributed by atoms with E-state index in [1.54, 1.807) is 5.38 Å². The second-order valence-corrected chi connectivity index (χ2v) is 3.28. The molecule has 0 fully saturated rings. The van der Waals surface area contributed by atoms with Crippen LogP contribution in [0.5, 0.6) is 0 Å². The third-order valence-electron chi connectivity index (χ3n) is 0.615. The average molecular weight is 224 g/mol. The standard InChI is InChI=1S/C4H2BrNOS.CH4O/c5-4-6-3(1-7)2-8-4;1-2/h1-2H;2H,1H3. The van der Waals surface area contributed by atoms with Crippen molar-refractivity contribution in [3.63, 3.8) is 0 Å². The number of nitrogens with zero attached hydrogens (tertiary/aromatic N) is 1. The van der Waals surface area contributed by atoms with Gasteiger partial charge in [-0.05, 0) is 15.9 Å². The fourth-order valence-electron chi connectivity index (χ4n) is 0.317. The largest absolute Gasteiger partial charge is 0.400 e. The maximum absolute atomic E-state index is 9.94. The lowest BCUT2D eigenvalue weighted by Crippen LogP contribution is -1.74. The van der Waals surface area contributed by atoms with Gasteiger partial charge in [0.15, 0.2) is 10.2 Å². The van der Waals surface area contributed by atoms with Gasteiger partial charge in [0.2, 0.25) is 0 Å². The monoisotopic (exact) mass is 223 g/mol. The molecule has 1 aromatic rings. The summed E-state index contributed by atoms with van der Waals surface area (Å²) in [6, 6.07) is 0. The first-order valence-corrected chi connectivity index (χ1v) is 4.01. The van der Waals surface area contributed by atoms with Crippen molar-refractivity contribution in [1.82, 2.24) is 4.98 Å². The smallest absolute Gasteiger partial charge is 0.169 e. The highest BCUT2D eigenvalue weighted by atomic mass is 79.9. The van der Waals surface area contributed by atoms with Gasteiger partial charge in [0.1, 0.15) is 5.69 Å². The minimum absolute atomic E-state index is 0.488. The van der Waals surface area contributed by atoms with Crippen LogP contribution < -0.4 is 0 Å². The molecule has 1 rings (SSSR count). The van der Waals surface area contributed by atoms with Crippen LogP contribution in [0.4, 0.5) is 0 Å². The Hall–Kier alpha value is -0.260. The molecule has 0 aromatic carbocycles. The molecular formula is C5H6BrNO2S. The molecule has 0 saturated carbocycles. The van der Waals surface area contributed by atoms with Crippen LogP contribution in [0.2, 0.25) is 0 Å². The molecule has 0 spiro atoms. The summed E-state index contributed by atoms with van der Waals surface area (Å²) in [5.74, 6) is 0. The summed E-state index contributed by atoms with van der Waals surface area (Å²) in [5.41, 5.74) is 0.488. The highest BCUT2D eigenvalue weighted by Crippen LogP contribution is 2.13. The van der Waals surface area contributed by atoms with Gasteiger partial charge < -0.3 is 5.11 Å². The molecule has 1 N–H and O–H groups in total. The Morgan fingerprint density at radius 3 is 2.60 bits per heavy atom. The van der Waals surface area contributed by atoms with Gasteiger partial charge in [-0.2, -0.15) is 0 Å². The Balaban J connectivity index is 0.000000371. The molecule has 0 unspecified atom stereocenters. The number of thiazole rings is 1. The van der Waals surface area contributed by atoms with Crippen LogP contribution >= 0.6 is 27.3 Å². The summed E-state index contributed by atoms with van der Waals surface area (Å²) in [6.07, 6.45) is 0.723. The summed E-state index contributed by atoms with van der Waals surface area (Å²) >= 11 is 4.52. The van der Waals surface area contributed by atoms with Crippen LogP contribution in [-0.4, -0.2) is 23.5 Å². The number of aliphatic hydroxyl groups excluding tert-OH is 1. The molecule has 0 bridgehead atoms. The van der Waals surface area contributed by atoms with Gasteiger partial charge in [-0.15, -0.1) is 11.3 Å². The molecule has 0 aliphatic carbocycles. The minimum atomic E-state index is 0.488. The van der Waals surface area contributed by atoms with Crippen LogP contribution in [0.25, 0.3) is 0 Å². The van der Waals surface area contributed by atoms with Crippen molar-refractivity contribution < 1.29 is 9.90 Å². The van der Waals surface area contributed by atoms with E-state index in [-0.39, 0.29) is 0 Å². The van der Waals surface area contributed by atoms with E-state index in [1.165, 1.54) is 11.3 Å². The summed E-state index contributed by atoms with van der Waals surface area (Å²) in [6.45, 7) is 0. The number of carbonyl (C=O) groups excluding carboxylic acids is 1. The fourth-order valence-corrected chi connectivity index (χ4v) is 1.29. The van der Waals surface area contributed by atoms with Crippen molar-refractivity contribution in [2.45, 2.75) is 0 Å². The van der Waals surface area contributed by atoms with Crippen LogP contribution in [0.3, 0.4) is 0 Å². The normalized spacial score (nSPS) is 7.90. The Morgan fingerprint density at radius 1 is 1.80 bits per heavy atom. The number of aliphatic hydroxyl groups is 1. The summed E-state index contributed by atoms with van der Waals surface area (Å²) < 4.78 is 0.750. The van der Waals surface area contributed by atoms with E-state index in [1.807, 2.05) is 0 Å². The van der Waals surface area contributed by atoms with Crippen molar-refractivity contribution in [2.24, 2.45) is 0 Å². The lowest BCUT2D eigenvalue weighted by Gasteiger charge is -1.68. The SMILES string of the molecule is CO.O=Cc1csc(Br)n1. The number of aldehydes is 1. The number of halogens is 1. The van der Waals surface area contributed by atoms with Crippen LogP contribution in [-0.2, 0) is 0 Å². The van der Waals surface area contributed by atoms with Crippen LogP contribution in [0.15, 0.2) is 9.30 Å². The Labute approximate surface area is 70.9 Å². The van der Waals surface area contributed by atoms with Crippen molar-refractivity contribution in [2.75, 3.05) is 7.11 Å². The summed E-state index contributed by atoms with van der Waals surface area (Å²) in [4.78, 5) is 13.7. The lowest BCUT2D eigenvalue weighted by atomic mass is 10.6. The Bertz CT molecular complexity index is 201. The van der Waals surface area contributed by atoms with Crippen molar-refractivity contribution in [3.8, 4) is 0 Å². The third-order valence-corrected chi connectivity index (χ3v) is 2.00. The summed E-state index contributed by atoms with van der Waals surface area (Å²) in [7, 11) is 1.00. The molecule has 10 heavy (non-hydrogen) atoms. The molecule has 0 aliphatic heterocycles. The topological polar surface area (TPSA) is 50.2 Å². The van der Waals surface area contributed by atoms with E-state index in [0.717, 1.165) is 17.3 Å². The second-order valence-electron chi connectivity index (χ2n) is 1.14. The molecule has 1 aromatic heterocycles. The number of hydrogen-bond acceptors (Lipinski definition) is 4. The van der Waals surface area contributed by atoms with Gasteiger partial charge in [-0.3, -0.25) is 4.79 Å². The zero-order valence-electron chi connectivity index (χ0n) is 5.24. The van der Waals surface area contributed by atoms with E-state index in [2.05, 4.69) is 20.9 Å². The zero-order valence-corrected chi connectivity index (χ0v) is 7.65. The van der Waals surface area contributed by atoms with E-state index in [9.17, 15) is 4.79 Å². The molecular weight excluding hydrogens is 218 g/mol. The number of rotatable bonds is 1. The molecule has 0 radical (unpaired) electrons. The van der Waals surface area contributed by atoms with Crippen molar-refractivity contribution >= 4 is 33.6 Å². The van der Waals surface area contributed by atoms with Gasteiger partial charge in [0.05, 0.1) is 0 Å². The lowest BCUT2D eigenvalue weighted by molar-refractivity contribution is 0.111. The molecule has 5 heteroatoms. The Kier molecular flexibility index (Phi) is 5.38. The Morgan fingerprint density at radius 2 is 2.40 bits per heavy atom. The molecule has 3 nitrogen and oxygen atoms in total. The quantitative estimate of drug-likeness (QED) is 0.732. The van der Waals surface area contributed by atoms with E-state index in [4.69, 9.17) is 5.11 Å². The van der Waals surface area contributed by atoms with Gasteiger partial charge in [0.25, 0.3) is 0 Å². The molecule has 1 heterocycles. The number of aromatic nitrogens is 1. The average Bonchev–Trinajstić information content (AvgIpc) is 2.40. The van der Waals surface area contributed by atoms with Gasteiger partial charge in [-0.1, -0.05) is 0 Å². The maximum Gasteiger partial charge on any atom is 0.169 e. The van der Waals surface area contributed by atoms with Gasteiger partial charge in [0, 0.05) is 12.5 Å². The summed E-state index contributed by atoms with van der Waals surface area (Å²) in [5, 5.41) is 8.69. The van der Waals surface area contributed by atoms with E-state index in [0.29, 0.717) is 5.69 Å². The van der Waals surface area contributed by atoms with Crippen molar-refractivity contribution in [1.29, 1.82) is 0 Å². The second kappa shape index (κ2) is 5.52. The molecule has 0 amide bonds. The first-order valence-electron chi connectivity index (χ1n) is 2.34. The number of hydrogen-bond donors (Lipinski definition) is 1. The fraction of sp³-hybridized carbons (Fsp3) is 0.200. The van der Waals surface area contributed by atoms with Crippen LogP contribution in [0, 0.1) is 0 Å². The molecule has 0 atom stereocenters. The number of carbonyl (C=O) groups is 1. The predicted molar refractivity (Wildman–Crippen MR) is 43.3 cm³/mol. The first-order chi connectivity index (χ1) is 4.83. The highest BCUT2D eigenvalue weighted by molar-refractivity contribution is 9.11. The van der Waals surface area contributed by atoms with Gasteiger partial charge >= 0.3 is 0 Å². The van der Waals surface area contributed by atoms with Crippen molar-refractivity contribution in [3.05, 3.63) is 15.0 Å². The molecule has 0 aliphatic rings.